The number of carbonyl (C=O) groups is 2. The van der Waals surface area contributed by atoms with Crippen molar-refractivity contribution in [1.29, 1.82) is 5.26 Å². The van der Waals surface area contributed by atoms with Gasteiger partial charge in [-0.05, 0) is 29.7 Å². The second-order valence-electron chi connectivity index (χ2n) is 3.36. The first-order valence-electron chi connectivity index (χ1n) is 4.85. The Morgan fingerprint density at radius 1 is 1.56 bits per heavy atom. The SMILES string of the molecule is CCc1cc(C=O)cc(C#N)c1CC(=O)O. The molecule has 4 nitrogen and oxygen atoms in total. The lowest BCUT2D eigenvalue weighted by molar-refractivity contribution is -0.136. The van der Waals surface area contributed by atoms with E-state index in [1.807, 2.05) is 13.0 Å². The van der Waals surface area contributed by atoms with Crippen LogP contribution < -0.4 is 0 Å². The van der Waals surface area contributed by atoms with E-state index in [9.17, 15) is 9.59 Å². The van der Waals surface area contributed by atoms with Gasteiger partial charge in [-0.3, -0.25) is 9.59 Å². The van der Waals surface area contributed by atoms with Crippen molar-refractivity contribution in [3.05, 3.63) is 34.4 Å². The van der Waals surface area contributed by atoms with Gasteiger partial charge in [0.25, 0.3) is 0 Å². The highest BCUT2D eigenvalue weighted by Gasteiger charge is 2.12. The number of hydrogen-bond donors (Lipinski definition) is 1. The van der Waals surface area contributed by atoms with Crippen LogP contribution in [0.3, 0.4) is 0 Å². The molecule has 0 spiro atoms. The van der Waals surface area contributed by atoms with Crippen molar-refractivity contribution in [3.63, 3.8) is 0 Å². The molecule has 1 aromatic carbocycles. The highest BCUT2D eigenvalue weighted by atomic mass is 16.4. The summed E-state index contributed by atoms with van der Waals surface area (Å²) < 4.78 is 0. The summed E-state index contributed by atoms with van der Waals surface area (Å²) in [6.45, 7) is 1.86. The van der Waals surface area contributed by atoms with E-state index >= 15 is 0 Å². The summed E-state index contributed by atoms with van der Waals surface area (Å²) in [5.74, 6) is -0.981. The standard InChI is InChI=1S/C12H11NO3/c1-2-9-3-8(7-14)4-10(6-13)11(9)5-12(15)16/h3-4,7H,2,5H2,1H3,(H,15,16). The van der Waals surface area contributed by atoms with Gasteiger partial charge in [-0.2, -0.15) is 5.26 Å². The van der Waals surface area contributed by atoms with Gasteiger partial charge in [0.2, 0.25) is 0 Å². The number of aldehydes is 1. The Morgan fingerprint density at radius 2 is 2.25 bits per heavy atom. The van der Waals surface area contributed by atoms with E-state index in [-0.39, 0.29) is 12.0 Å². The molecule has 0 aliphatic carbocycles. The van der Waals surface area contributed by atoms with Crippen LogP contribution in [0.2, 0.25) is 0 Å². The van der Waals surface area contributed by atoms with E-state index in [0.717, 1.165) is 5.56 Å². The third-order valence-electron chi connectivity index (χ3n) is 2.33. The highest BCUT2D eigenvalue weighted by Crippen LogP contribution is 2.18. The number of aliphatic carboxylic acids is 1. The lowest BCUT2D eigenvalue weighted by Gasteiger charge is -2.08. The number of aryl methyl sites for hydroxylation is 1. The van der Waals surface area contributed by atoms with Crippen LogP contribution in [0, 0.1) is 11.3 Å². The molecule has 0 aliphatic heterocycles. The molecule has 0 radical (unpaired) electrons. The van der Waals surface area contributed by atoms with E-state index < -0.39 is 5.97 Å². The quantitative estimate of drug-likeness (QED) is 0.776. The van der Waals surface area contributed by atoms with E-state index in [1.54, 1.807) is 6.07 Å². The fourth-order valence-electron chi connectivity index (χ4n) is 1.60. The maximum Gasteiger partial charge on any atom is 0.307 e. The second-order valence-corrected chi connectivity index (χ2v) is 3.36. The Hall–Kier alpha value is -2.15. The van der Waals surface area contributed by atoms with E-state index in [1.165, 1.54) is 6.07 Å². The van der Waals surface area contributed by atoms with Crippen LogP contribution >= 0.6 is 0 Å². The van der Waals surface area contributed by atoms with E-state index in [4.69, 9.17) is 10.4 Å². The molecule has 0 atom stereocenters. The molecule has 0 saturated heterocycles. The molecule has 1 N–H and O–H groups in total. The van der Waals surface area contributed by atoms with Gasteiger partial charge in [0.05, 0.1) is 18.1 Å². The molecule has 0 heterocycles. The number of hydrogen-bond acceptors (Lipinski definition) is 3. The third kappa shape index (κ3) is 2.45. The zero-order valence-electron chi connectivity index (χ0n) is 8.86. The normalized spacial score (nSPS) is 9.50. The molecule has 16 heavy (non-hydrogen) atoms. The van der Waals surface area contributed by atoms with E-state index in [2.05, 4.69) is 0 Å². The Balaban J connectivity index is 3.38. The Kier molecular flexibility index (Phi) is 3.78. The second kappa shape index (κ2) is 5.08. The number of nitrogens with zero attached hydrogens (tertiary/aromatic N) is 1. The summed E-state index contributed by atoms with van der Waals surface area (Å²) in [5, 5.41) is 17.7. The summed E-state index contributed by atoms with van der Waals surface area (Å²) in [4.78, 5) is 21.3. The minimum absolute atomic E-state index is 0.189. The first kappa shape index (κ1) is 11.9. The van der Waals surface area contributed by atoms with Crippen LogP contribution in [-0.2, 0) is 17.6 Å². The van der Waals surface area contributed by atoms with Crippen molar-refractivity contribution < 1.29 is 14.7 Å². The fraction of sp³-hybridized carbons (Fsp3) is 0.250. The van der Waals surface area contributed by atoms with Crippen LogP contribution in [0.1, 0.15) is 34.0 Å². The number of carbonyl (C=O) groups excluding carboxylic acids is 1. The van der Waals surface area contributed by atoms with Crippen molar-refractivity contribution >= 4 is 12.3 Å². The number of carboxylic acids is 1. The topological polar surface area (TPSA) is 78.2 Å². The molecule has 0 unspecified atom stereocenters. The molecule has 0 amide bonds. The molecule has 1 aromatic rings. The minimum Gasteiger partial charge on any atom is -0.481 e. The maximum atomic E-state index is 10.7. The average molecular weight is 217 g/mol. The van der Waals surface area contributed by atoms with Crippen molar-refractivity contribution in [2.24, 2.45) is 0 Å². The Labute approximate surface area is 93.1 Å². The highest BCUT2D eigenvalue weighted by molar-refractivity contribution is 5.78. The Morgan fingerprint density at radius 3 is 2.69 bits per heavy atom. The van der Waals surface area contributed by atoms with Gasteiger partial charge in [0, 0.05) is 5.56 Å². The minimum atomic E-state index is -0.981. The molecule has 0 bridgehead atoms. The number of carboxylic acid groups (broad SMARTS) is 1. The van der Waals surface area contributed by atoms with Crippen molar-refractivity contribution in [3.8, 4) is 6.07 Å². The molecule has 4 heteroatoms. The smallest absolute Gasteiger partial charge is 0.307 e. The third-order valence-corrected chi connectivity index (χ3v) is 2.33. The molecular weight excluding hydrogens is 206 g/mol. The van der Waals surface area contributed by atoms with Gasteiger partial charge in [-0.1, -0.05) is 6.92 Å². The van der Waals surface area contributed by atoms with Crippen molar-refractivity contribution in [1.82, 2.24) is 0 Å². The van der Waals surface area contributed by atoms with E-state index in [0.29, 0.717) is 23.8 Å². The molecule has 82 valence electrons. The zero-order valence-corrected chi connectivity index (χ0v) is 8.86. The Bertz CT molecular complexity index is 472. The molecule has 0 saturated carbocycles. The van der Waals surface area contributed by atoms with Crippen LogP contribution in [0.25, 0.3) is 0 Å². The van der Waals surface area contributed by atoms with Crippen LogP contribution in [-0.4, -0.2) is 17.4 Å². The van der Waals surface area contributed by atoms with Crippen LogP contribution in [0.5, 0.6) is 0 Å². The predicted octanol–water partition coefficient (Wildman–Crippen LogP) is 1.56. The number of nitriles is 1. The average Bonchev–Trinajstić information content (AvgIpc) is 2.28. The molecule has 0 fully saturated rings. The van der Waals surface area contributed by atoms with Crippen LogP contribution in [0.15, 0.2) is 12.1 Å². The van der Waals surface area contributed by atoms with Crippen LogP contribution in [0.4, 0.5) is 0 Å². The molecule has 0 aliphatic rings. The molecule has 1 rings (SSSR count). The van der Waals surface area contributed by atoms with Gasteiger partial charge < -0.3 is 5.11 Å². The lowest BCUT2D eigenvalue weighted by atomic mass is 9.95. The summed E-state index contributed by atoms with van der Waals surface area (Å²) in [6.07, 6.45) is 1.06. The van der Waals surface area contributed by atoms with Crippen molar-refractivity contribution in [2.45, 2.75) is 19.8 Å². The summed E-state index contributed by atoms with van der Waals surface area (Å²) >= 11 is 0. The monoisotopic (exact) mass is 217 g/mol. The summed E-state index contributed by atoms with van der Waals surface area (Å²) in [5.41, 5.74) is 1.91. The first-order chi connectivity index (χ1) is 7.62. The predicted molar refractivity (Wildman–Crippen MR) is 57.3 cm³/mol. The van der Waals surface area contributed by atoms with Gasteiger partial charge >= 0.3 is 5.97 Å². The largest absolute Gasteiger partial charge is 0.481 e. The summed E-state index contributed by atoms with van der Waals surface area (Å²) in [6, 6.07) is 4.98. The van der Waals surface area contributed by atoms with Gasteiger partial charge in [-0.15, -0.1) is 0 Å². The zero-order chi connectivity index (χ0) is 12.1. The summed E-state index contributed by atoms with van der Waals surface area (Å²) in [7, 11) is 0. The van der Waals surface area contributed by atoms with Crippen molar-refractivity contribution in [2.75, 3.05) is 0 Å². The van der Waals surface area contributed by atoms with Gasteiger partial charge in [-0.25, -0.2) is 0 Å². The fourth-order valence-corrected chi connectivity index (χ4v) is 1.60. The molecule has 0 aromatic heterocycles. The van der Waals surface area contributed by atoms with Gasteiger partial charge in [0.15, 0.2) is 0 Å². The first-order valence-corrected chi connectivity index (χ1v) is 4.85. The number of rotatable bonds is 4. The lowest BCUT2D eigenvalue weighted by Crippen LogP contribution is -2.06. The number of benzene rings is 1. The maximum absolute atomic E-state index is 10.7. The van der Waals surface area contributed by atoms with Gasteiger partial charge in [0.1, 0.15) is 6.29 Å². The molecular formula is C12H11NO3.